The third kappa shape index (κ3) is 7.28. The van der Waals surface area contributed by atoms with Crippen molar-refractivity contribution in [3.63, 3.8) is 0 Å². The fraction of sp³-hybridized carbons (Fsp3) is 0.200. The molecule has 0 radical (unpaired) electrons. The van der Waals surface area contributed by atoms with Gasteiger partial charge in [0.25, 0.3) is 0 Å². The van der Waals surface area contributed by atoms with Crippen LogP contribution in [0.5, 0.6) is 0 Å². The van der Waals surface area contributed by atoms with E-state index in [1.165, 1.54) is 185 Å². The molecule has 2 saturated carbocycles. The molecule has 4 atom stereocenters. The van der Waals surface area contributed by atoms with Gasteiger partial charge in [0.1, 0.15) is 0 Å². The summed E-state index contributed by atoms with van der Waals surface area (Å²) < 4.78 is 0. The summed E-state index contributed by atoms with van der Waals surface area (Å²) >= 11 is 0. The molecule has 2 nitrogen and oxygen atoms in total. The van der Waals surface area contributed by atoms with Crippen LogP contribution in [0.1, 0.15) is 112 Å². The molecule has 4 unspecified atom stereocenters. The van der Waals surface area contributed by atoms with Gasteiger partial charge >= 0.3 is 0 Å². The Morgan fingerprint density at radius 2 is 0.575 bits per heavy atom. The fourth-order valence-corrected chi connectivity index (χ4v) is 18.2. The SMILES string of the molecule is CC12CCCCC1(C)N(c1ccccc1)c1ccc(-c3cccc4c(-c5ccc6c(c5)C(c5ccccc5)(c5ccccc5)c5cc(-c7cccc8c(-c9ccc%10c(c9)C9(C)CCCCC9(C)N%10c9ccccc9)cccc78)ccc5-6)cccc34)cc12. The number of anilines is 4. The molecule has 0 amide bonds. The van der Waals surface area contributed by atoms with Gasteiger partial charge in [0, 0.05) is 33.6 Å². The zero-order valence-corrected chi connectivity index (χ0v) is 50.5. The summed E-state index contributed by atoms with van der Waals surface area (Å²) in [5.41, 5.74) is 25.5. The second-order valence-corrected chi connectivity index (χ2v) is 26.8. The normalized spacial score (nSPS) is 22.1. The molecule has 3 aliphatic carbocycles. The third-order valence-electron chi connectivity index (χ3n) is 22.9. The van der Waals surface area contributed by atoms with Gasteiger partial charge in [-0.3, -0.25) is 0 Å². The first-order chi connectivity index (χ1) is 42.6. The van der Waals surface area contributed by atoms with Crippen LogP contribution in [0.2, 0.25) is 0 Å². The minimum atomic E-state index is -0.603. The molecular formula is C85H72N2. The predicted octanol–water partition coefficient (Wildman–Crippen LogP) is 22.5. The second kappa shape index (κ2) is 19.4. The highest BCUT2D eigenvalue weighted by molar-refractivity contribution is 6.07. The van der Waals surface area contributed by atoms with Crippen LogP contribution in [0.4, 0.5) is 22.7 Å². The molecule has 2 aliphatic heterocycles. The minimum Gasteiger partial charge on any atom is -0.334 e. The van der Waals surface area contributed by atoms with Crippen LogP contribution in [0, 0.1) is 0 Å². The number of hydrogen-bond acceptors (Lipinski definition) is 2. The first kappa shape index (κ1) is 52.1. The Morgan fingerprint density at radius 1 is 0.264 bits per heavy atom. The summed E-state index contributed by atoms with van der Waals surface area (Å²) in [6, 6.07) is 102. The molecule has 2 heteroatoms. The van der Waals surface area contributed by atoms with Gasteiger partial charge in [-0.25, -0.2) is 0 Å². The lowest BCUT2D eigenvalue weighted by Gasteiger charge is -2.50. The van der Waals surface area contributed by atoms with Gasteiger partial charge in [0.05, 0.1) is 16.5 Å². The van der Waals surface area contributed by atoms with Crippen LogP contribution in [0.3, 0.4) is 0 Å². The van der Waals surface area contributed by atoms with Gasteiger partial charge in [0.2, 0.25) is 0 Å². The van der Waals surface area contributed by atoms with E-state index in [-0.39, 0.29) is 21.9 Å². The Morgan fingerprint density at radius 3 is 0.931 bits per heavy atom. The first-order valence-corrected chi connectivity index (χ1v) is 32.1. The molecule has 2 fully saturated rings. The summed E-state index contributed by atoms with van der Waals surface area (Å²) in [6.45, 7) is 10.2. The molecule has 0 bridgehead atoms. The summed E-state index contributed by atoms with van der Waals surface area (Å²) in [5, 5.41) is 5.09. The second-order valence-electron chi connectivity index (χ2n) is 26.8. The van der Waals surface area contributed by atoms with Crippen LogP contribution in [-0.2, 0) is 16.2 Å². The smallest absolute Gasteiger partial charge is 0.0713 e. The summed E-state index contributed by atoms with van der Waals surface area (Å²) in [6.07, 6.45) is 9.77. The van der Waals surface area contributed by atoms with Crippen LogP contribution >= 0.6 is 0 Å². The van der Waals surface area contributed by atoms with Gasteiger partial charge in [-0.05, 0) is 211 Å². The maximum Gasteiger partial charge on any atom is 0.0713 e. The van der Waals surface area contributed by atoms with E-state index < -0.39 is 5.41 Å². The molecule has 0 spiro atoms. The standard InChI is InChI=1S/C85H72N2/c1-81-49-17-19-51-83(81,3)86(63-29-13-7-14-30-63)79-47-43-59(55-77(79)81)67-35-23-37-69-65(33-21-39-71(67)69)57-41-45-73-74-46-42-58(54-76(74)85(75(73)53-57,61-25-9-5-10-26-61)62-27-11-6-12-28-62)66-34-22-40-72-68(36-24-38-70(66)72)60-44-48-80-78(56-60)82(2)50-18-20-52-84(82,4)87(80)64-31-15-8-16-32-64/h5-16,21-48,53-56H,17-20,49-52H2,1-4H3. The fourth-order valence-electron chi connectivity index (χ4n) is 18.2. The van der Waals surface area contributed by atoms with Gasteiger partial charge in [-0.15, -0.1) is 0 Å². The van der Waals surface area contributed by atoms with E-state index in [0.29, 0.717) is 0 Å². The van der Waals surface area contributed by atoms with Crippen molar-refractivity contribution in [3.8, 4) is 55.6 Å². The van der Waals surface area contributed by atoms with Crippen LogP contribution in [-0.4, -0.2) is 11.1 Å². The Labute approximate surface area is 513 Å². The van der Waals surface area contributed by atoms with E-state index in [1.807, 2.05) is 0 Å². The zero-order chi connectivity index (χ0) is 58.3. The molecule has 0 aromatic heterocycles. The summed E-state index contributed by atoms with van der Waals surface area (Å²) in [4.78, 5) is 5.37. The topological polar surface area (TPSA) is 6.48 Å². The van der Waals surface area contributed by atoms with E-state index in [4.69, 9.17) is 0 Å². The molecule has 0 N–H and O–H groups in total. The lowest BCUT2D eigenvalue weighted by molar-refractivity contribution is 0.195. The highest BCUT2D eigenvalue weighted by Crippen LogP contribution is 2.64. The van der Waals surface area contributed by atoms with Crippen molar-refractivity contribution >= 4 is 44.3 Å². The molecule has 422 valence electrons. The van der Waals surface area contributed by atoms with Gasteiger partial charge < -0.3 is 9.80 Å². The van der Waals surface area contributed by atoms with Gasteiger partial charge in [0.15, 0.2) is 0 Å². The number of para-hydroxylation sites is 2. The average Bonchev–Trinajstić information content (AvgIpc) is 1.60. The van der Waals surface area contributed by atoms with E-state index in [9.17, 15) is 0 Å². The van der Waals surface area contributed by atoms with E-state index in [1.54, 1.807) is 0 Å². The largest absolute Gasteiger partial charge is 0.334 e. The maximum absolute atomic E-state index is 2.68. The van der Waals surface area contributed by atoms with Crippen molar-refractivity contribution in [2.24, 2.45) is 0 Å². The maximum atomic E-state index is 2.68. The Hall–Kier alpha value is -9.24. The Kier molecular flexibility index (Phi) is 11.6. The predicted molar refractivity (Wildman–Crippen MR) is 366 cm³/mol. The molecule has 5 aliphatic rings. The number of benzene rings is 12. The molecule has 2 heterocycles. The minimum absolute atomic E-state index is 0.00379. The lowest BCUT2D eigenvalue weighted by atomic mass is 9.61. The van der Waals surface area contributed by atoms with Crippen molar-refractivity contribution < 1.29 is 0 Å². The monoisotopic (exact) mass is 1120 g/mol. The van der Waals surface area contributed by atoms with Crippen molar-refractivity contribution in [2.45, 2.75) is 106 Å². The van der Waals surface area contributed by atoms with Crippen LogP contribution in [0.15, 0.2) is 267 Å². The van der Waals surface area contributed by atoms with E-state index in [2.05, 4.69) is 304 Å². The van der Waals surface area contributed by atoms with Crippen molar-refractivity contribution in [1.82, 2.24) is 0 Å². The summed E-state index contributed by atoms with van der Waals surface area (Å²) in [5.74, 6) is 0. The third-order valence-corrected chi connectivity index (χ3v) is 22.9. The Balaban J connectivity index is 0.792. The van der Waals surface area contributed by atoms with Crippen molar-refractivity contribution in [1.29, 1.82) is 0 Å². The van der Waals surface area contributed by atoms with Crippen molar-refractivity contribution in [2.75, 3.05) is 9.80 Å². The highest BCUT2D eigenvalue weighted by atomic mass is 15.3. The summed E-state index contributed by atoms with van der Waals surface area (Å²) in [7, 11) is 0. The van der Waals surface area contributed by atoms with Gasteiger partial charge in [-0.2, -0.15) is 0 Å². The molecule has 87 heavy (non-hydrogen) atoms. The lowest BCUT2D eigenvalue weighted by Crippen LogP contribution is -2.54. The number of hydrogen-bond donors (Lipinski definition) is 0. The molecule has 17 rings (SSSR count). The van der Waals surface area contributed by atoms with Crippen LogP contribution < -0.4 is 9.80 Å². The quantitative estimate of drug-likeness (QED) is 0.150. The molecule has 12 aromatic rings. The van der Waals surface area contributed by atoms with Crippen LogP contribution in [0.25, 0.3) is 77.2 Å². The average molecular weight is 1120 g/mol. The van der Waals surface area contributed by atoms with E-state index in [0.717, 1.165) is 0 Å². The molecular weight excluding hydrogens is 1050 g/mol. The zero-order valence-electron chi connectivity index (χ0n) is 50.5. The van der Waals surface area contributed by atoms with Gasteiger partial charge in [-0.1, -0.05) is 246 Å². The number of rotatable bonds is 8. The van der Waals surface area contributed by atoms with E-state index >= 15 is 0 Å². The Bertz CT molecular complexity index is 4420. The number of fused-ring (bicyclic) bond motifs is 11. The molecule has 12 aromatic carbocycles. The first-order valence-electron chi connectivity index (χ1n) is 32.1. The molecule has 0 saturated heterocycles. The van der Waals surface area contributed by atoms with Crippen molar-refractivity contribution in [3.05, 3.63) is 300 Å². The highest BCUT2D eigenvalue weighted by Gasteiger charge is 2.59. The number of nitrogens with zero attached hydrogens (tertiary/aromatic N) is 2.